The van der Waals surface area contributed by atoms with E-state index >= 15 is 0 Å². The third kappa shape index (κ3) is 4.06. The summed E-state index contributed by atoms with van der Waals surface area (Å²) in [5.41, 5.74) is -0.125. The van der Waals surface area contributed by atoms with E-state index in [0.717, 1.165) is 19.5 Å². The Hall–Kier alpha value is -1.36. The molecule has 0 amide bonds. The van der Waals surface area contributed by atoms with E-state index in [2.05, 4.69) is 24.1 Å². The average molecular weight is 265 g/mol. The topological polar surface area (TPSA) is 56.1 Å². The predicted molar refractivity (Wildman–Crippen MR) is 74.4 cm³/mol. The maximum Gasteiger partial charge on any atom is 0.313 e. The molecule has 106 valence electrons. The second-order valence-electron chi connectivity index (χ2n) is 5.61. The Bertz CT molecular complexity index is 450. The van der Waals surface area contributed by atoms with Crippen molar-refractivity contribution >= 4 is 0 Å². The lowest BCUT2D eigenvalue weighted by atomic mass is 10.0. The highest BCUT2D eigenvalue weighted by Gasteiger charge is 2.15. The standard InChI is InChI=1S/C14H23N3O2/c1-11(2)9-17-7-6-16-13(14(17)18)19-10-12-4-3-5-15-8-12/h6-7,11-12,15H,3-5,8-10H2,1-2H3. The molecule has 0 radical (unpaired) electrons. The lowest BCUT2D eigenvalue weighted by Gasteiger charge is -2.22. The van der Waals surface area contributed by atoms with Gasteiger partial charge in [0.2, 0.25) is 0 Å². The monoisotopic (exact) mass is 265 g/mol. The van der Waals surface area contributed by atoms with Crippen LogP contribution in [-0.4, -0.2) is 29.2 Å². The highest BCUT2D eigenvalue weighted by molar-refractivity contribution is 5.04. The fourth-order valence-corrected chi connectivity index (χ4v) is 2.33. The molecule has 5 nitrogen and oxygen atoms in total. The molecule has 0 bridgehead atoms. The van der Waals surface area contributed by atoms with Gasteiger partial charge in [0.25, 0.3) is 5.88 Å². The van der Waals surface area contributed by atoms with Crippen LogP contribution in [0.15, 0.2) is 17.2 Å². The first-order valence-electron chi connectivity index (χ1n) is 7.05. The van der Waals surface area contributed by atoms with E-state index in [1.165, 1.54) is 6.42 Å². The van der Waals surface area contributed by atoms with E-state index in [9.17, 15) is 4.79 Å². The summed E-state index contributed by atoms with van der Waals surface area (Å²) in [7, 11) is 0. The molecule has 5 heteroatoms. The van der Waals surface area contributed by atoms with Crippen molar-refractivity contribution in [2.24, 2.45) is 11.8 Å². The second-order valence-corrected chi connectivity index (χ2v) is 5.61. The fourth-order valence-electron chi connectivity index (χ4n) is 2.33. The average Bonchev–Trinajstić information content (AvgIpc) is 2.40. The number of nitrogens with one attached hydrogen (secondary N) is 1. The van der Waals surface area contributed by atoms with Gasteiger partial charge < -0.3 is 14.6 Å². The van der Waals surface area contributed by atoms with E-state index in [0.29, 0.717) is 25.0 Å². The third-order valence-corrected chi connectivity index (χ3v) is 3.30. The van der Waals surface area contributed by atoms with Crippen LogP contribution in [0.4, 0.5) is 0 Å². The van der Waals surface area contributed by atoms with Crippen molar-refractivity contribution in [2.45, 2.75) is 33.2 Å². The first-order chi connectivity index (χ1) is 9.16. The number of hydrogen-bond acceptors (Lipinski definition) is 4. The van der Waals surface area contributed by atoms with E-state index < -0.39 is 0 Å². The minimum absolute atomic E-state index is 0.125. The largest absolute Gasteiger partial charge is 0.473 e. The first kappa shape index (κ1) is 14.1. The molecule has 1 aliphatic heterocycles. The van der Waals surface area contributed by atoms with Crippen molar-refractivity contribution in [3.63, 3.8) is 0 Å². The molecule has 2 heterocycles. The van der Waals surface area contributed by atoms with Gasteiger partial charge in [0, 0.05) is 31.4 Å². The van der Waals surface area contributed by atoms with E-state index in [1.54, 1.807) is 17.0 Å². The van der Waals surface area contributed by atoms with Crippen molar-refractivity contribution in [3.8, 4) is 5.88 Å². The normalized spacial score (nSPS) is 19.6. The molecule has 1 atom stereocenters. The molecule has 2 rings (SSSR count). The molecule has 0 spiro atoms. The zero-order valence-electron chi connectivity index (χ0n) is 11.8. The molecule has 1 aromatic rings. The summed E-state index contributed by atoms with van der Waals surface area (Å²) in [4.78, 5) is 16.2. The van der Waals surface area contributed by atoms with Crippen LogP contribution in [0.5, 0.6) is 5.88 Å². The summed E-state index contributed by atoms with van der Waals surface area (Å²) in [6, 6.07) is 0. The summed E-state index contributed by atoms with van der Waals surface area (Å²) in [5, 5.41) is 3.34. The van der Waals surface area contributed by atoms with E-state index in [1.807, 2.05) is 0 Å². The van der Waals surface area contributed by atoms with Gasteiger partial charge in [0.1, 0.15) is 0 Å². The minimum atomic E-state index is -0.125. The molecule has 1 fully saturated rings. The fraction of sp³-hybridized carbons (Fsp3) is 0.714. The van der Waals surface area contributed by atoms with Crippen LogP contribution in [0.3, 0.4) is 0 Å². The Labute approximate surface area is 114 Å². The zero-order valence-corrected chi connectivity index (χ0v) is 11.8. The molecule has 1 saturated heterocycles. The van der Waals surface area contributed by atoms with Gasteiger partial charge >= 0.3 is 5.56 Å². The van der Waals surface area contributed by atoms with Crippen molar-refractivity contribution in [1.29, 1.82) is 0 Å². The van der Waals surface area contributed by atoms with Gasteiger partial charge in [0.15, 0.2) is 0 Å². The lowest BCUT2D eigenvalue weighted by molar-refractivity contribution is 0.208. The molecule has 0 saturated carbocycles. The molecular weight excluding hydrogens is 242 g/mol. The van der Waals surface area contributed by atoms with Crippen molar-refractivity contribution in [2.75, 3.05) is 19.7 Å². The van der Waals surface area contributed by atoms with Crippen LogP contribution in [0.25, 0.3) is 0 Å². The highest BCUT2D eigenvalue weighted by atomic mass is 16.5. The van der Waals surface area contributed by atoms with Gasteiger partial charge in [-0.05, 0) is 25.3 Å². The SMILES string of the molecule is CC(C)Cn1ccnc(OCC2CCCNC2)c1=O. The van der Waals surface area contributed by atoms with Crippen LogP contribution in [0.2, 0.25) is 0 Å². The van der Waals surface area contributed by atoms with Crippen LogP contribution in [0.1, 0.15) is 26.7 Å². The molecule has 0 aliphatic carbocycles. The van der Waals surface area contributed by atoms with Crippen molar-refractivity contribution in [1.82, 2.24) is 14.9 Å². The smallest absolute Gasteiger partial charge is 0.313 e. The number of rotatable bonds is 5. The zero-order chi connectivity index (χ0) is 13.7. The van der Waals surface area contributed by atoms with Crippen LogP contribution in [0, 0.1) is 11.8 Å². The highest BCUT2D eigenvalue weighted by Crippen LogP contribution is 2.11. The molecule has 1 aliphatic rings. The van der Waals surface area contributed by atoms with Crippen molar-refractivity contribution in [3.05, 3.63) is 22.7 Å². The van der Waals surface area contributed by atoms with Gasteiger partial charge in [-0.25, -0.2) is 4.98 Å². The molecule has 1 aromatic heterocycles. The number of nitrogens with zero attached hydrogens (tertiary/aromatic N) is 2. The molecule has 0 aromatic carbocycles. The lowest BCUT2D eigenvalue weighted by Crippen LogP contribution is -2.34. The maximum atomic E-state index is 12.1. The van der Waals surface area contributed by atoms with E-state index in [-0.39, 0.29) is 11.4 Å². The number of ether oxygens (including phenoxy) is 1. The summed E-state index contributed by atoms with van der Waals surface area (Å²) in [6.45, 7) is 7.49. The molecular formula is C14H23N3O2. The Morgan fingerprint density at radius 1 is 1.58 bits per heavy atom. The van der Waals surface area contributed by atoms with Gasteiger partial charge in [-0.1, -0.05) is 13.8 Å². The van der Waals surface area contributed by atoms with Gasteiger partial charge in [-0.3, -0.25) is 4.79 Å². The molecule has 1 unspecified atom stereocenters. The quantitative estimate of drug-likeness (QED) is 0.871. The van der Waals surface area contributed by atoms with Gasteiger partial charge in [0.05, 0.1) is 6.61 Å². The summed E-state index contributed by atoms with van der Waals surface area (Å²) in [6.07, 6.45) is 5.68. The van der Waals surface area contributed by atoms with Crippen LogP contribution < -0.4 is 15.6 Å². The summed E-state index contributed by atoms with van der Waals surface area (Å²) in [5.74, 6) is 1.14. The predicted octanol–water partition coefficient (Wildman–Crippen LogP) is 1.28. The Kier molecular flexibility index (Phi) is 4.96. The molecule has 1 N–H and O–H groups in total. The Balaban J connectivity index is 1.97. The third-order valence-electron chi connectivity index (χ3n) is 3.30. The maximum absolute atomic E-state index is 12.1. The minimum Gasteiger partial charge on any atom is -0.473 e. The van der Waals surface area contributed by atoms with Gasteiger partial charge in [-0.15, -0.1) is 0 Å². The number of hydrogen-bond donors (Lipinski definition) is 1. The molecule has 19 heavy (non-hydrogen) atoms. The number of aromatic nitrogens is 2. The Morgan fingerprint density at radius 2 is 2.42 bits per heavy atom. The number of piperidine rings is 1. The first-order valence-corrected chi connectivity index (χ1v) is 7.05. The van der Waals surface area contributed by atoms with Crippen molar-refractivity contribution < 1.29 is 4.74 Å². The van der Waals surface area contributed by atoms with Crippen LogP contribution >= 0.6 is 0 Å². The van der Waals surface area contributed by atoms with Gasteiger partial charge in [-0.2, -0.15) is 0 Å². The second kappa shape index (κ2) is 6.70. The summed E-state index contributed by atoms with van der Waals surface area (Å²) < 4.78 is 7.29. The Morgan fingerprint density at radius 3 is 3.11 bits per heavy atom. The summed E-state index contributed by atoms with van der Waals surface area (Å²) >= 11 is 0. The van der Waals surface area contributed by atoms with Crippen LogP contribution in [-0.2, 0) is 6.54 Å². The van der Waals surface area contributed by atoms with E-state index in [4.69, 9.17) is 4.74 Å².